The molecular formula is C9H9IO3. The highest BCUT2D eigenvalue weighted by atomic mass is 127. The molecule has 0 aliphatic heterocycles. The van der Waals surface area contributed by atoms with Crippen molar-refractivity contribution in [2.75, 3.05) is 4.43 Å². The van der Waals surface area contributed by atoms with Crippen LogP contribution in [0.2, 0.25) is 0 Å². The molecule has 0 spiro atoms. The van der Waals surface area contributed by atoms with E-state index in [1.807, 2.05) is 22.6 Å². The maximum atomic E-state index is 10.9. The van der Waals surface area contributed by atoms with Gasteiger partial charge in [-0.25, -0.2) is 0 Å². The summed E-state index contributed by atoms with van der Waals surface area (Å²) < 4.78 is 5.27. The molecular weight excluding hydrogens is 283 g/mol. The summed E-state index contributed by atoms with van der Waals surface area (Å²) in [5.74, 6) is 0.246. The third-order valence-electron chi connectivity index (χ3n) is 1.45. The summed E-state index contributed by atoms with van der Waals surface area (Å²) in [4.78, 5) is 10.9. The first-order valence-corrected chi connectivity index (χ1v) is 5.25. The summed E-state index contributed by atoms with van der Waals surface area (Å²) in [5, 5.41) is 8.75. The quantitative estimate of drug-likeness (QED) is 0.398. The van der Waals surface area contributed by atoms with E-state index in [0.717, 1.165) is 5.56 Å². The molecule has 0 fully saturated rings. The van der Waals surface area contributed by atoms with E-state index in [0.29, 0.717) is 10.2 Å². The summed E-state index contributed by atoms with van der Waals surface area (Å²) in [6.07, 6.45) is 0. The molecule has 4 heteroatoms. The first kappa shape index (κ1) is 10.5. The topological polar surface area (TPSA) is 46.5 Å². The van der Waals surface area contributed by atoms with Crippen LogP contribution in [0.4, 0.5) is 0 Å². The second-order valence-electron chi connectivity index (χ2n) is 2.41. The summed E-state index contributed by atoms with van der Waals surface area (Å²) in [5.41, 5.74) is 0.800. The fourth-order valence-electron chi connectivity index (χ4n) is 0.822. The number of esters is 1. The zero-order chi connectivity index (χ0) is 9.68. The Hall–Kier alpha value is -0.620. The van der Waals surface area contributed by atoms with E-state index in [9.17, 15) is 4.79 Å². The van der Waals surface area contributed by atoms with Crippen molar-refractivity contribution in [2.24, 2.45) is 0 Å². The number of ether oxygens (including phenoxy) is 1. The Balaban J connectivity index is 2.64. The number of carbonyl (C=O) groups excluding carboxylic acids is 1. The predicted octanol–water partition coefficient (Wildman–Crippen LogP) is 1.52. The molecule has 0 heterocycles. The minimum Gasteiger partial charge on any atom is -0.426 e. The molecule has 0 radical (unpaired) electrons. The number of carbonyl (C=O) groups is 1. The van der Waals surface area contributed by atoms with E-state index in [1.54, 1.807) is 24.3 Å². The van der Waals surface area contributed by atoms with Crippen molar-refractivity contribution in [1.29, 1.82) is 0 Å². The molecule has 0 saturated carbocycles. The second kappa shape index (κ2) is 5.18. The molecule has 13 heavy (non-hydrogen) atoms. The lowest BCUT2D eigenvalue weighted by Gasteiger charge is -2.02. The summed E-state index contributed by atoms with van der Waals surface area (Å²) >= 11 is 1.94. The van der Waals surface area contributed by atoms with Gasteiger partial charge in [0.25, 0.3) is 0 Å². The normalized spacial score (nSPS) is 9.69. The maximum Gasteiger partial charge on any atom is 0.321 e. The first-order valence-electron chi connectivity index (χ1n) is 3.72. The van der Waals surface area contributed by atoms with Crippen LogP contribution in [0.25, 0.3) is 0 Å². The average molecular weight is 292 g/mol. The van der Waals surface area contributed by atoms with Gasteiger partial charge in [0.15, 0.2) is 0 Å². The van der Waals surface area contributed by atoms with Gasteiger partial charge in [0, 0.05) is 0 Å². The Bertz CT molecular complexity index is 281. The standard InChI is InChI=1S/C9H9IO3/c10-5-9(12)13-8-3-1-7(6-11)2-4-8/h1-4,11H,5-6H2. The number of alkyl halides is 1. The van der Waals surface area contributed by atoms with Gasteiger partial charge in [-0.3, -0.25) is 4.79 Å². The molecule has 0 atom stereocenters. The van der Waals surface area contributed by atoms with Crippen molar-refractivity contribution >= 4 is 28.6 Å². The number of aliphatic hydroxyl groups is 1. The molecule has 70 valence electrons. The van der Waals surface area contributed by atoms with Gasteiger partial charge in [0.05, 0.1) is 11.0 Å². The highest BCUT2D eigenvalue weighted by molar-refractivity contribution is 14.1. The van der Waals surface area contributed by atoms with E-state index >= 15 is 0 Å². The number of halogens is 1. The van der Waals surface area contributed by atoms with Crippen LogP contribution in [-0.4, -0.2) is 15.5 Å². The molecule has 1 N–H and O–H groups in total. The zero-order valence-corrected chi connectivity index (χ0v) is 9.02. The monoisotopic (exact) mass is 292 g/mol. The zero-order valence-electron chi connectivity index (χ0n) is 6.87. The first-order chi connectivity index (χ1) is 6.26. The SMILES string of the molecule is O=C(CI)Oc1ccc(CO)cc1. The number of hydrogen-bond acceptors (Lipinski definition) is 3. The lowest BCUT2D eigenvalue weighted by molar-refractivity contribution is -0.131. The Morgan fingerprint density at radius 2 is 2.00 bits per heavy atom. The van der Waals surface area contributed by atoms with Crippen LogP contribution in [-0.2, 0) is 11.4 Å². The van der Waals surface area contributed by atoms with E-state index in [-0.39, 0.29) is 12.6 Å². The third kappa shape index (κ3) is 3.31. The van der Waals surface area contributed by atoms with Crippen LogP contribution in [0.15, 0.2) is 24.3 Å². The van der Waals surface area contributed by atoms with Crippen molar-refractivity contribution in [3.63, 3.8) is 0 Å². The fourth-order valence-corrected chi connectivity index (χ4v) is 0.977. The molecule has 0 bridgehead atoms. The molecule has 1 rings (SSSR count). The minimum absolute atomic E-state index is 0.000507. The van der Waals surface area contributed by atoms with E-state index in [2.05, 4.69) is 0 Å². The Morgan fingerprint density at radius 3 is 2.46 bits per heavy atom. The van der Waals surface area contributed by atoms with Crippen LogP contribution >= 0.6 is 22.6 Å². The van der Waals surface area contributed by atoms with Gasteiger partial charge in [-0.15, -0.1) is 0 Å². The smallest absolute Gasteiger partial charge is 0.321 e. The van der Waals surface area contributed by atoms with Gasteiger partial charge < -0.3 is 9.84 Å². The summed E-state index contributed by atoms with van der Waals surface area (Å²) in [6, 6.07) is 6.76. The lowest BCUT2D eigenvalue weighted by atomic mass is 10.2. The number of hydrogen-bond donors (Lipinski definition) is 1. The van der Waals surface area contributed by atoms with Gasteiger partial charge in [-0.1, -0.05) is 34.7 Å². The predicted molar refractivity (Wildman–Crippen MR) is 56.9 cm³/mol. The van der Waals surface area contributed by atoms with E-state index in [4.69, 9.17) is 9.84 Å². The molecule has 0 aliphatic carbocycles. The van der Waals surface area contributed by atoms with E-state index < -0.39 is 0 Å². The molecule has 1 aromatic rings. The Labute approximate surface area is 89.9 Å². The molecule has 0 unspecified atom stereocenters. The van der Waals surface area contributed by atoms with Crippen molar-refractivity contribution < 1.29 is 14.6 Å². The van der Waals surface area contributed by atoms with Crippen molar-refractivity contribution in [2.45, 2.75) is 6.61 Å². The molecule has 0 aliphatic rings. The molecule has 1 aromatic carbocycles. The van der Waals surface area contributed by atoms with Crippen LogP contribution in [0, 0.1) is 0 Å². The van der Waals surface area contributed by atoms with Crippen molar-refractivity contribution in [3.8, 4) is 5.75 Å². The van der Waals surface area contributed by atoms with Crippen LogP contribution < -0.4 is 4.74 Å². The van der Waals surface area contributed by atoms with Gasteiger partial charge in [0.1, 0.15) is 5.75 Å². The third-order valence-corrected chi connectivity index (χ3v) is 2.07. The van der Waals surface area contributed by atoms with Crippen LogP contribution in [0.5, 0.6) is 5.75 Å². The summed E-state index contributed by atoms with van der Waals surface area (Å²) in [6.45, 7) is 0.000507. The second-order valence-corrected chi connectivity index (χ2v) is 3.17. The Morgan fingerprint density at radius 1 is 1.38 bits per heavy atom. The van der Waals surface area contributed by atoms with Gasteiger partial charge in [-0.05, 0) is 17.7 Å². The van der Waals surface area contributed by atoms with Crippen LogP contribution in [0.3, 0.4) is 0 Å². The van der Waals surface area contributed by atoms with Gasteiger partial charge in [-0.2, -0.15) is 0 Å². The number of rotatable bonds is 3. The number of aliphatic hydroxyl groups excluding tert-OH is 1. The fraction of sp³-hybridized carbons (Fsp3) is 0.222. The largest absolute Gasteiger partial charge is 0.426 e. The highest BCUT2D eigenvalue weighted by Gasteiger charge is 2.01. The van der Waals surface area contributed by atoms with Crippen molar-refractivity contribution in [3.05, 3.63) is 29.8 Å². The molecule has 0 saturated heterocycles. The van der Waals surface area contributed by atoms with E-state index in [1.165, 1.54) is 0 Å². The maximum absolute atomic E-state index is 10.9. The lowest BCUT2D eigenvalue weighted by Crippen LogP contribution is -2.08. The Kier molecular flexibility index (Phi) is 4.17. The average Bonchev–Trinajstić information content (AvgIpc) is 2.19. The van der Waals surface area contributed by atoms with Crippen molar-refractivity contribution in [1.82, 2.24) is 0 Å². The molecule has 0 aromatic heterocycles. The molecule has 3 nitrogen and oxygen atoms in total. The van der Waals surface area contributed by atoms with Gasteiger partial charge >= 0.3 is 5.97 Å². The van der Waals surface area contributed by atoms with Crippen LogP contribution in [0.1, 0.15) is 5.56 Å². The molecule has 0 amide bonds. The summed E-state index contributed by atoms with van der Waals surface area (Å²) in [7, 11) is 0. The highest BCUT2D eigenvalue weighted by Crippen LogP contribution is 2.12. The van der Waals surface area contributed by atoms with Gasteiger partial charge in [0.2, 0.25) is 0 Å². The minimum atomic E-state index is -0.266. The number of benzene rings is 1.